The lowest BCUT2D eigenvalue weighted by molar-refractivity contribution is -0.138. The van der Waals surface area contributed by atoms with Crippen LogP contribution in [0.15, 0.2) is 121 Å². The van der Waals surface area contributed by atoms with E-state index in [0.717, 1.165) is 25.8 Å². The molecule has 5 aromatic carbocycles. The lowest BCUT2D eigenvalue weighted by atomic mass is 9.92. The van der Waals surface area contributed by atoms with Crippen molar-refractivity contribution in [3.8, 4) is 5.69 Å². The summed E-state index contributed by atoms with van der Waals surface area (Å²) in [5.41, 5.74) is 9.48. The Balaban J connectivity index is 0.806. The molecule has 10 rings (SSSR count). The number of unbranched alkanes of at least 4 members (excludes halogenated alkanes) is 2. The van der Waals surface area contributed by atoms with Gasteiger partial charge in [0.25, 0.3) is 35.4 Å². The molecule has 526 valence electrons. The van der Waals surface area contributed by atoms with E-state index in [-0.39, 0.29) is 122 Å². The Morgan fingerprint density at radius 3 is 1.87 bits per heavy atom. The molecule has 0 aliphatic carbocycles. The van der Waals surface area contributed by atoms with Crippen LogP contribution in [0.4, 0.5) is 16.2 Å². The van der Waals surface area contributed by atoms with Crippen LogP contribution in [0.3, 0.4) is 0 Å². The van der Waals surface area contributed by atoms with E-state index in [1.807, 2.05) is 23.1 Å². The fourth-order valence-corrected chi connectivity index (χ4v) is 12.4. The maximum Gasteiger partial charge on any atom is 0.410 e. The Morgan fingerprint density at radius 2 is 1.25 bits per heavy atom. The summed E-state index contributed by atoms with van der Waals surface area (Å²) in [6.45, 7) is 4.74. The van der Waals surface area contributed by atoms with Crippen molar-refractivity contribution in [1.29, 1.82) is 0 Å². The lowest BCUT2D eigenvalue weighted by Crippen LogP contribution is -2.54. The summed E-state index contributed by atoms with van der Waals surface area (Å²) in [7, 11) is 1.55. The van der Waals surface area contributed by atoms with Gasteiger partial charge < -0.3 is 59.9 Å². The summed E-state index contributed by atoms with van der Waals surface area (Å²) in [5, 5.41) is 10.8. The van der Waals surface area contributed by atoms with Crippen LogP contribution in [-0.4, -0.2) is 223 Å². The third-order valence-electron chi connectivity index (χ3n) is 17.8. The molecule has 0 unspecified atom stereocenters. The lowest BCUT2D eigenvalue weighted by Gasteiger charge is -2.32. The van der Waals surface area contributed by atoms with Gasteiger partial charge in [-0.2, -0.15) is 0 Å². The summed E-state index contributed by atoms with van der Waals surface area (Å²) in [4.78, 5) is 167. The van der Waals surface area contributed by atoms with Crippen molar-refractivity contribution in [3.63, 3.8) is 0 Å². The second-order valence-corrected chi connectivity index (χ2v) is 24.8. The van der Waals surface area contributed by atoms with Crippen LogP contribution in [0.1, 0.15) is 106 Å². The molecule has 5 heterocycles. The van der Waals surface area contributed by atoms with Crippen molar-refractivity contribution in [2.45, 2.75) is 77.5 Å². The molecular formula is C72H83N13O15. The number of aliphatic imine (C=N–C) groups is 1. The predicted molar refractivity (Wildman–Crippen MR) is 369 cm³/mol. The van der Waals surface area contributed by atoms with Crippen LogP contribution in [0.25, 0.3) is 27.2 Å². The first kappa shape index (κ1) is 72.2. The van der Waals surface area contributed by atoms with E-state index in [1.54, 1.807) is 117 Å². The van der Waals surface area contributed by atoms with E-state index in [0.29, 0.717) is 107 Å². The summed E-state index contributed by atoms with van der Waals surface area (Å²) in [5.74, 6) is -5.23. The standard InChI is InChI=1S/C72H83N13O15/c1-47(2)65(78-59(86)16-5-4-6-32-83-60(87)25-26-61(83)88)67(91)77-56(15-9-27-73)66(90)76-49-19-17-48(18-20-49)43-100-72(96)80(36-38-85-69(93)53-14-8-12-51-58(82-34-29-75-46-82)24-22-55(64(51)53)71(85)95)31-10-30-79(62(89)44-99-42-41-98-40-39-97-3)35-37-84-68(92)52-13-7-11-50-57(81-33-28-74-45-81)23-21-54(63(50)52)70(84)94/h7-8,11-14,17-26,29,34,45-47,56,65H,4-6,9-10,15-16,27-28,30-33,35-44,73H2,1-3H3,(H,76,90)(H,77,91)(H,78,86)/t56-,65-/m0/s1. The molecular weight excluding hydrogens is 1290 g/mol. The van der Waals surface area contributed by atoms with Gasteiger partial charge in [-0.05, 0) is 98.7 Å². The van der Waals surface area contributed by atoms with Gasteiger partial charge in [-0.15, -0.1) is 0 Å². The molecule has 11 amide bonds. The topological polar surface area (TPSA) is 336 Å². The molecule has 100 heavy (non-hydrogen) atoms. The van der Waals surface area contributed by atoms with Crippen LogP contribution < -0.4 is 26.6 Å². The van der Waals surface area contributed by atoms with Crippen molar-refractivity contribution < 1.29 is 71.7 Å². The number of carbonyl (C=O) groups excluding carboxylic acids is 11. The summed E-state index contributed by atoms with van der Waals surface area (Å²) in [6, 6.07) is 21.9. The molecule has 0 bridgehead atoms. The SMILES string of the molecule is COCCOCCOCC(=O)N(CCCN(CCN1C(=O)c2cccc3c(-n4ccnc4)ccc(c23)C1=O)C(=O)OCc1ccc(NC(=O)[C@H](CCCN)NC(=O)[C@@H](NC(=O)CCCCCN2C(=O)C=CC2=O)C(C)C)cc1)CCN1C(=O)c2cccc3c(N4C=NCC4)ccc(c23)C1=O. The van der Waals surface area contributed by atoms with E-state index in [1.165, 1.54) is 22.0 Å². The van der Waals surface area contributed by atoms with Crippen LogP contribution >= 0.6 is 0 Å². The van der Waals surface area contributed by atoms with Crippen molar-refractivity contribution >= 4 is 104 Å². The largest absolute Gasteiger partial charge is 0.445 e. The molecule has 0 saturated heterocycles. The Labute approximate surface area is 577 Å². The number of hydrogen-bond donors (Lipinski definition) is 4. The van der Waals surface area contributed by atoms with Crippen molar-refractivity contribution in [1.82, 2.24) is 44.7 Å². The van der Waals surface area contributed by atoms with Gasteiger partial charge in [0.2, 0.25) is 23.6 Å². The second-order valence-electron chi connectivity index (χ2n) is 24.8. The van der Waals surface area contributed by atoms with Gasteiger partial charge in [0.15, 0.2) is 0 Å². The number of imide groups is 3. The molecule has 6 aromatic rings. The molecule has 5 N–H and O–H groups in total. The molecule has 28 heteroatoms. The van der Waals surface area contributed by atoms with Crippen LogP contribution in [-0.2, 0) is 54.3 Å². The number of hydrogen-bond acceptors (Lipinski definition) is 19. The van der Waals surface area contributed by atoms with E-state index in [4.69, 9.17) is 24.7 Å². The molecule has 4 aliphatic heterocycles. The molecule has 1 aromatic heterocycles. The predicted octanol–water partition coefficient (Wildman–Crippen LogP) is 5.24. The summed E-state index contributed by atoms with van der Waals surface area (Å²) in [6.07, 6.45) is 10.7. The summed E-state index contributed by atoms with van der Waals surface area (Å²) >= 11 is 0. The quantitative estimate of drug-likeness (QED) is 0.0286. The minimum Gasteiger partial charge on any atom is -0.445 e. The molecule has 0 fully saturated rings. The zero-order chi connectivity index (χ0) is 70.8. The first-order valence-corrected chi connectivity index (χ1v) is 33.6. The molecule has 0 spiro atoms. The third-order valence-corrected chi connectivity index (χ3v) is 17.8. The first-order valence-electron chi connectivity index (χ1n) is 33.6. The number of carbonyl (C=O) groups is 11. The fraction of sp³-hybridized carbons (Fsp3) is 0.403. The third kappa shape index (κ3) is 17.3. The van der Waals surface area contributed by atoms with Crippen LogP contribution in [0.5, 0.6) is 0 Å². The Bertz CT molecular complexity index is 4040. The molecule has 28 nitrogen and oxygen atoms in total. The smallest absolute Gasteiger partial charge is 0.410 e. The number of rotatable bonds is 37. The Hall–Kier alpha value is -10.6. The molecule has 0 radical (unpaired) electrons. The monoisotopic (exact) mass is 1370 g/mol. The number of nitrogens with two attached hydrogens (primary N) is 1. The highest BCUT2D eigenvalue weighted by Gasteiger charge is 2.37. The average Bonchev–Trinajstić information content (AvgIpc) is 1.03. The van der Waals surface area contributed by atoms with Gasteiger partial charge in [-0.1, -0.05) is 56.7 Å². The van der Waals surface area contributed by atoms with Crippen molar-refractivity contribution in [3.05, 3.63) is 144 Å². The number of nitrogens with one attached hydrogen (secondary N) is 3. The Kier molecular flexibility index (Phi) is 24.8. The molecule has 2 atom stereocenters. The van der Waals surface area contributed by atoms with Gasteiger partial charge in [-0.25, -0.2) is 9.78 Å². The minimum atomic E-state index is -1.04. The fourth-order valence-electron chi connectivity index (χ4n) is 12.4. The van der Waals surface area contributed by atoms with Gasteiger partial charge in [-0.3, -0.25) is 67.6 Å². The number of amides is 11. The number of benzene rings is 5. The normalized spacial score (nSPS) is 14.7. The molecule has 4 aliphatic rings. The summed E-state index contributed by atoms with van der Waals surface area (Å²) < 4.78 is 24.0. The van der Waals surface area contributed by atoms with Gasteiger partial charge in [0, 0.05) is 146 Å². The van der Waals surface area contributed by atoms with E-state index in [2.05, 4.69) is 25.9 Å². The van der Waals surface area contributed by atoms with Crippen molar-refractivity contribution in [2.24, 2.45) is 16.6 Å². The number of aromatic nitrogens is 2. The molecule has 0 saturated carbocycles. The number of nitrogens with zero attached hydrogens (tertiary/aromatic N) is 9. The Morgan fingerprint density at radius 1 is 0.630 bits per heavy atom. The average molecular weight is 1370 g/mol. The first-order chi connectivity index (χ1) is 48.5. The van der Waals surface area contributed by atoms with Gasteiger partial charge >= 0.3 is 6.09 Å². The number of methoxy groups -OCH3 is 1. The van der Waals surface area contributed by atoms with Gasteiger partial charge in [0.1, 0.15) is 25.3 Å². The highest BCUT2D eigenvalue weighted by Crippen LogP contribution is 2.37. The van der Waals surface area contributed by atoms with Crippen molar-refractivity contribution in [2.75, 3.05) is 116 Å². The number of ether oxygens (including phenoxy) is 4. The van der Waals surface area contributed by atoms with Crippen LogP contribution in [0.2, 0.25) is 0 Å². The van der Waals surface area contributed by atoms with Gasteiger partial charge in [0.05, 0.1) is 51.3 Å². The highest BCUT2D eigenvalue weighted by molar-refractivity contribution is 6.28. The second kappa shape index (κ2) is 34.3. The van der Waals surface area contributed by atoms with Crippen LogP contribution in [0, 0.1) is 5.92 Å². The maximum absolute atomic E-state index is 14.5. The van der Waals surface area contributed by atoms with E-state index in [9.17, 15) is 52.7 Å². The zero-order valence-corrected chi connectivity index (χ0v) is 56.3. The highest BCUT2D eigenvalue weighted by atomic mass is 16.6. The van der Waals surface area contributed by atoms with E-state index < -0.39 is 59.5 Å². The number of imidazole rings is 1. The zero-order valence-electron chi connectivity index (χ0n) is 56.3. The minimum absolute atomic E-state index is 0.00936. The number of anilines is 2. The van der Waals surface area contributed by atoms with E-state index >= 15 is 0 Å². The maximum atomic E-state index is 14.5.